The van der Waals surface area contributed by atoms with Gasteiger partial charge in [0.05, 0.1) is 11.1 Å². The van der Waals surface area contributed by atoms with Crippen LogP contribution in [0.1, 0.15) is 16.5 Å². The van der Waals surface area contributed by atoms with E-state index in [1.807, 2.05) is 60.0 Å². The summed E-state index contributed by atoms with van der Waals surface area (Å²) in [7, 11) is 0. The molecule has 140 valence electrons. The molecule has 2 heterocycles. The smallest absolute Gasteiger partial charge is 0.258 e. The number of benzene rings is 2. The second kappa shape index (κ2) is 8.42. The molecule has 0 bridgehead atoms. The normalized spacial score (nSPS) is 11.9. The summed E-state index contributed by atoms with van der Waals surface area (Å²) in [6.07, 6.45) is 1.67. The molecule has 6 heteroatoms. The summed E-state index contributed by atoms with van der Waals surface area (Å²) in [5, 5.41) is 6.46. The fourth-order valence-electron chi connectivity index (χ4n) is 2.99. The molecule has 2 aromatic carbocycles. The molecule has 1 unspecified atom stereocenters. The van der Waals surface area contributed by atoms with Crippen LogP contribution in [0.15, 0.2) is 78.3 Å². The van der Waals surface area contributed by atoms with E-state index in [1.165, 1.54) is 0 Å². The first-order chi connectivity index (χ1) is 13.7. The van der Waals surface area contributed by atoms with Gasteiger partial charge in [0.2, 0.25) is 0 Å². The lowest BCUT2D eigenvalue weighted by atomic mass is 10.1. The molecule has 1 amide bonds. The van der Waals surface area contributed by atoms with E-state index < -0.39 is 0 Å². The highest BCUT2D eigenvalue weighted by Crippen LogP contribution is 2.30. The summed E-state index contributed by atoms with van der Waals surface area (Å²) in [5.74, 6) is 0.323. The van der Waals surface area contributed by atoms with E-state index in [9.17, 15) is 4.79 Å². The molecule has 0 fully saturated rings. The number of carbonyl (C=O) groups is 1. The van der Waals surface area contributed by atoms with Crippen LogP contribution in [0.4, 0.5) is 0 Å². The van der Waals surface area contributed by atoms with E-state index in [2.05, 4.69) is 10.3 Å². The monoisotopic (exact) mass is 408 g/mol. The van der Waals surface area contributed by atoms with E-state index in [1.54, 1.807) is 29.7 Å². The number of halogens is 1. The third-order valence-corrected chi connectivity index (χ3v) is 5.57. The number of pyridine rings is 1. The van der Waals surface area contributed by atoms with Crippen LogP contribution in [0, 0.1) is 0 Å². The molecule has 0 saturated heterocycles. The number of carbonyl (C=O) groups excluding carboxylic acids is 1. The van der Waals surface area contributed by atoms with Crippen molar-refractivity contribution in [2.75, 3.05) is 6.61 Å². The van der Waals surface area contributed by atoms with Crippen LogP contribution < -0.4 is 10.1 Å². The van der Waals surface area contributed by atoms with Gasteiger partial charge < -0.3 is 10.1 Å². The average Bonchev–Trinajstić information content (AvgIpc) is 3.27. The maximum absolute atomic E-state index is 12.6. The number of thiophene rings is 1. The molecule has 1 N–H and O–H groups in total. The first-order valence-electron chi connectivity index (χ1n) is 8.76. The molecule has 0 radical (unpaired) electrons. The van der Waals surface area contributed by atoms with Crippen molar-refractivity contribution in [3.05, 3.63) is 93.8 Å². The van der Waals surface area contributed by atoms with Crippen molar-refractivity contribution in [2.45, 2.75) is 6.04 Å². The molecule has 4 aromatic rings. The third kappa shape index (κ3) is 4.01. The summed E-state index contributed by atoms with van der Waals surface area (Å²) in [4.78, 5) is 18.0. The van der Waals surface area contributed by atoms with Crippen LogP contribution in [-0.4, -0.2) is 17.5 Å². The summed E-state index contributed by atoms with van der Waals surface area (Å²) in [6.45, 7) is -0.109. The number of nitrogens with zero attached hydrogens (tertiary/aromatic N) is 1. The zero-order chi connectivity index (χ0) is 19.3. The lowest BCUT2D eigenvalue weighted by Gasteiger charge is -2.18. The van der Waals surface area contributed by atoms with Crippen LogP contribution in [0.25, 0.3) is 10.9 Å². The Morgan fingerprint density at radius 1 is 1.07 bits per heavy atom. The number of ether oxygens (including phenoxy) is 1. The summed E-state index contributed by atoms with van der Waals surface area (Å²) in [5.41, 5.74) is 1.66. The van der Waals surface area contributed by atoms with Crippen molar-refractivity contribution in [1.82, 2.24) is 10.3 Å². The first-order valence-corrected chi connectivity index (χ1v) is 10.0. The molecule has 0 aliphatic carbocycles. The standard InChI is InChI=1S/C22H17ClN2O2S/c23-17-10-11-18(22-16(17)8-4-12-24-22)27-14-20(26)25-21(19-9-5-13-28-19)15-6-2-1-3-7-15/h1-13,21H,14H2,(H,25,26). The molecule has 4 rings (SSSR count). The van der Waals surface area contributed by atoms with Crippen molar-refractivity contribution in [1.29, 1.82) is 0 Å². The molecule has 0 saturated carbocycles. The van der Waals surface area contributed by atoms with Gasteiger partial charge >= 0.3 is 0 Å². The minimum atomic E-state index is -0.211. The maximum Gasteiger partial charge on any atom is 0.258 e. The van der Waals surface area contributed by atoms with Gasteiger partial charge in [-0.05, 0) is 41.3 Å². The number of hydrogen-bond acceptors (Lipinski definition) is 4. The van der Waals surface area contributed by atoms with E-state index in [0.29, 0.717) is 16.3 Å². The van der Waals surface area contributed by atoms with Crippen molar-refractivity contribution >= 4 is 39.7 Å². The maximum atomic E-state index is 12.6. The zero-order valence-electron chi connectivity index (χ0n) is 14.8. The minimum absolute atomic E-state index is 0.109. The molecule has 28 heavy (non-hydrogen) atoms. The highest BCUT2D eigenvalue weighted by molar-refractivity contribution is 7.10. The fourth-order valence-corrected chi connectivity index (χ4v) is 4.01. The van der Waals surface area contributed by atoms with Crippen LogP contribution in [0.2, 0.25) is 5.02 Å². The number of fused-ring (bicyclic) bond motifs is 1. The van der Waals surface area contributed by atoms with Crippen molar-refractivity contribution < 1.29 is 9.53 Å². The second-order valence-electron chi connectivity index (χ2n) is 6.16. The Kier molecular flexibility index (Phi) is 5.55. The quantitative estimate of drug-likeness (QED) is 0.475. The van der Waals surface area contributed by atoms with Crippen molar-refractivity contribution in [3.8, 4) is 5.75 Å². The molecule has 0 aliphatic heterocycles. The van der Waals surface area contributed by atoms with Crippen molar-refractivity contribution in [3.63, 3.8) is 0 Å². The predicted molar refractivity (Wildman–Crippen MR) is 113 cm³/mol. The number of rotatable bonds is 6. The molecular formula is C22H17ClN2O2S. The van der Waals surface area contributed by atoms with E-state index in [0.717, 1.165) is 15.8 Å². The summed E-state index contributed by atoms with van der Waals surface area (Å²) >= 11 is 7.82. The minimum Gasteiger partial charge on any atom is -0.481 e. The Hall–Kier alpha value is -2.89. The number of amides is 1. The number of hydrogen-bond donors (Lipinski definition) is 1. The van der Waals surface area contributed by atoms with Gasteiger partial charge in [-0.15, -0.1) is 11.3 Å². The van der Waals surface area contributed by atoms with Gasteiger partial charge in [0, 0.05) is 16.5 Å². The molecule has 1 atom stereocenters. The van der Waals surface area contributed by atoms with Crippen LogP contribution >= 0.6 is 22.9 Å². The molecule has 4 nitrogen and oxygen atoms in total. The first kappa shape index (κ1) is 18.5. The van der Waals surface area contributed by atoms with Gasteiger partial charge in [-0.1, -0.05) is 48.0 Å². The van der Waals surface area contributed by atoms with E-state index in [4.69, 9.17) is 16.3 Å². The zero-order valence-corrected chi connectivity index (χ0v) is 16.4. The molecule has 0 spiro atoms. The molecule has 0 aliphatic rings. The fraction of sp³-hybridized carbons (Fsp3) is 0.0909. The van der Waals surface area contributed by atoms with Crippen molar-refractivity contribution in [2.24, 2.45) is 0 Å². The Bertz CT molecular complexity index is 1080. The van der Waals surface area contributed by atoms with Gasteiger partial charge in [0.25, 0.3) is 5.91 Å². The van der Waals surface area contributed by atoms with Gasteiger partial charge in [0.15, 0.2) is 6.61 Å². The summed E-state index contributed by atoms with van der Waals surface area (Å²) in [6, 6.07) is 20.8. The van der Waals surface area contributed by atoms with Crippen LogP contribution in [-0.2, 0) is 4.79 Å². The lowest BCUT2D eigenvalue weighted by Crippen LogP contribution is -2.32. The Morgan fingerprint density at radius 3 is 2.71 bits per heavy atom. The van der Waals surface area contributed by atoms with Crippen LogP contribution in [0.5, 0.6) is 5.75 Å². The third-order valence-electron chi connectivity index (χ3n) is 4.30. The molecule has 2 aromatic heterocycles. The van der Waals surface area contributed by atoms with Gasteiger partial charge in [-0.2, -0.15) is 0 Å². The topological polar surface area (TPSA) is 51.2 Å². The predicted octanol–water partition coefficient (Wildman–Crippen LogP) is 5.23. The van der Waals surface area contributed by atoms with Crippen LogP contribution in [0.3, 0.4) is 0 Å². The van der Waals surface area contributed by atoms with Gasteiger partial charge in [-0.3, -0.25) is 9.78 Å². The largest absolute Gasteiger partial charge is 0.481 e. The van der Waals surface area contributed by atoms with E-state index >= 15 is 0 Å². The number of nitrogens with one attached hydrogen (secondary N) is 1. The Labute approximate surface area is 171 Å². The average molecular weight is 409 g/mol. The lowest BCUT2D eigenvalue weighted by molar-refractivity contribution is -0.123. The highest BCUT2D eigenvalue weighted by atomic mass is 35.5. The van der Waals surface area contributed by atoms with Gasteiger partial charge in [-0.25, -0.2) is 0 Å². The Balaban J connectivity index is 1.50. The number of aromatic nitrogens is 1. The summed E-state index contributed by atoms with van der Waals surface area (Å²) < 4.78 is 5.76. The van der Waals surface area contributed by atoms with E-state index in [-0.39, 0.29) is 18.6 Å². The SMILES string of the molecule is O=C(COc1ccc(Cl)c2cccnc12)NC(c1ccccc1)c1cccs1. The van der Waals surface area contributed by atoms with Gasteiger partial charge in [0.1, 0.15) is 11.3 Å². The second-order valence-corrected chi connectivity index (χ2v) is 7.55. The highest BCUT2D eigenvalue weighted by Gasteiger charge is 2.18. The molecular weight excluding hydrogens is 392 g/mol. The Morgan fingerprint density at radius 2 is 1.93 bits per heavy atom.